The molecular weight excluding hydrogens is 1500 g/mol. The molecule has 0 aromatic heterocycles. The number of Topliss-reactive ketones (excluding diaryl/α,β-unsaturated/α-hetero) is 3. The van der Waals surface area contributed by atoms with Crippen molar-refractivity contribution >= 4 is 81.7 Å². The van der Waals surface area contributed by atoms with Crippen LogP contribution < -0.4 is 51.3 Å². The number of primary amides is 1. The van der Waals surface area contributed by atoms with Gasteiger partial charge in [-0.2, -0.15) is 0 Å². The number of halogens is 2. The molecular formula is C83H92Cl2N6O22. The monoisotopic (exact) mass is 1590 g/mol. The van der Waals surface area contributed by atoms with Gasteiger partial charge in [-0.15, -0.1) is 0 Å². The first kappa shape index (κ1) is 81.3. The third-order valence-corrected chi connectivity index (χ3v) is 23.6. The van der Waals surface area contributed by atoms with Crippen molar-refractivity contribution in [3.63, 3.8) is 0 Å². The minimum Gasteiger partial charge on any atom is -0.507 e. The zero-order chi connectivity index (χ0) is 80.7. The number of anilines is 1. The average molecular weight is 1600 g/mol. The number of hydrogen-bond acceptors (Lipinski definition) is 22. The van der Waals surface area contributed by atoms with Gasteiger partial charge in [-0.3, -0.25) is 43.2 Å². The lowest BCUT2D eigenvalue weighted by Crippen LogP contribution is -2.60. The molecule has 15 N–H and O–H groups in total. The van der Waals surface area contributed by atoms with E-state index >= 15 is 28.8 Å². The van der Waals surface area contributed by atoms with Crippen molar-refractivity contribution in [3.05, 3.63) is 147 Å². The number of benzene rings is 6. The van der Waals surface area contributed by atoms with E-state index in [1.807, 2.05) is 20.8 Å². The van der Waals surface area contributed by atoms with Crippen molar-refractivity contribution in [1.82, 2.24) is 21.3 Å². The molecule has 10 aliphatic rings. The number of aliphatic hydroxyl groups is 6. The molecule has 0 unspecified atom stereocenters. The van der Waals surface area contributed by atoms with Gasteiger partial charge in [-0.25, -0.2) is 0 Å². The summed E-state index contributed by atoms with van der Waals surface area (Å²) >= 11 is 14.3. The van der Waals surface area contributed by atoms with E-state index in [0.29, 0.717) is 42.7 Å². The van der Waals surface area contributed by atoms with Crippen molar-refractivity contribution in [2.24, 2.45) is 53.1 Å². The molecule has 28 nitrogen and oxygen atoms in total. The minimum absolute atomic E-state index is 0.00264. The normalized spacial score (nSPS) is 28.3. The topological polar surface area (TPSA) is 448 Å². The van der Waals surface area contributed by atoms with E-state index < -0.39 is 199 Å². The fourth-order valence-electron chi connectivity index (χ4n) is 17.6. The Hall–Kier alpha value is -9.75. The molecule has 0 spiro atoms. The summed E-state index contributed by atoms with van der Waals surface area (Å²) in [5.41, 5.74) is 5.09. The predicted octanol–water partition coefficient (Wildman–Crippen LogP) is 8.10. The quantitative estimate of drug-likeness (QED) is 0.0386. The summed E-state index contributed by atoms with van der Waals surface area (Å²) in [6, 6.07) is 14.7. The smallest absolute Gasteiger partial charge is 0.246 e. The molecule has 4 saturated carbocycles. The number of aliphatic hydroxyl groups excluding tert-OH is 6. The highest BCUT2D eigenvalue weighted by atomic mass is 35.5. The van der Waals surface area contributed by atoms with Crippen LogP contribution in [0, 0.1) is 47.3 Å². The van der Waals surface area contributed by atoms with E-state index in [-0.39, 0.29) is 96.1 Å². The van der Waals surface area contributed by atoms with Crippen LogP contribution >= 0.6 is 23.2 Å². The fraction of sp³-hybridized carbons (Fsp3) is 0.458. The molecule has 6 heterocycles. The van der Waals surface area contributed by atoms with E-state index in [9.17, 15) is 55.2 Å². The van der Waals surface area contributed by atoms with Gasteiger partial charge in [0.25, 0.3) is 0 Å². The summed E-state index contributed by atoms with van der Waals surface area (Å²) in [5.74, 6) is -14.7. The standard InChI is InChI=1S/C83H92Cl2N6O22/c1-5-40(17-36(3)4)79(105)90-71-58(95)29-47(32-66(86)98)80(106)88-69-46-30-63(110-61-15-8-42(73(71)100)27-54(61)84)78(113-83-77(104)76(103)75(102)65(35-92)112-83)64(31-46)111-62-16-9-43(28-55(62)85)74(101)72-82(108)89-70(60(97)33-50-44-19-37-18-38(21-44)22-45(50)20-37)53-23-39(25-67(99)87-48-10-12-49(13-11-48)109-6-2)24-57(94)68(53)52-26-41(7-14-56(52)93)51(34-59(69)96)81(107)91-72/h7-16,23-24,26-28,30-31,36-38,40,44-45,47,50-51,65,69-77,83,92-94,100-104H,5-6,17-22,25,29,32-35H2,1-4H3,(H2,86,98)(H,87,99)(H,88,106)(H,89,108)(H,90,105)(H,91,107)/t37?,38?,40-,44?,45?,47+,50?,51-,65-,69-,70+,71+,72+,73-,74-,75-,76+,77-,83+/m1/s1. The zero-order valence-electron chi connectivity index (χ0n) is 62.4. The van der Waals surface area contributed by atoms with Crippen molar-refractivity contribution in [3.8, 4) is 57.1 Å². The van der Waals surface area contributed by atoms with Gasteiger partial charge < -0.3 is 96.9 Å². The van der Waals surface area contributed by atoms with Crippen molar-refractivity contribution in [1.29, 1.82) is 0 Å². The molecule has 6 aromatic carbocycles. The number of amides is 6. The van der Waals surface area contributed by atoms with Gasteiger partial charge in [0, 0.05) is 48.4 Å². The highest BCUT2D eigenvalue weighted by molar-refractivity contribution is 6.32. The van der Waals surface area contributed by atoms with Crippen LogP contribution in [0.1, 0.15) is 162 Å². The molecule has 6 aliphatic heterocycles. The molecule has 16 rings (SSSR count). The number of rotatable bonds is 18. The van der Waals surface area contributed by atoms with Crippen LogP contribution in [0.2, 0.25) is 10.0 Å². The summed E-state index contributed by atoms with van der Waals surface area (Å²) in [6.07, 6.45) is -11.8. The summed E-state index contributed by atoms with van der Waals surface area (Å²) in [7, 11) is 0. The minimum atomic E-state index is -2.15. The lowest BCUT2D eigenvalue weighted by atomic mass is 9.51. The first-order valence-electron chi connectivity index (χ1n) is 38.2. The van der Waals surface area contributed by atoms with Crippen molar-refractivity contribution in [2.45, 2.75) is 178 Å². The summed E-state index contributed by atoms with van der Waals surface area (Å²) < 4.78 is 31.1. The molecule has 6 amide bonds. The van der Waals surface area contributed by atoms with Crippen molar-refractivity contribution < 1.29 is 108 Å². The molecule has 1 saturated heterocycles. The average Bonchev–Trinajstić information content (AvgIpc) is 0.759. The zero-order valence-corrected chi connectivity index (χ0v) is 63.9. The van der Waals surface area contributed by atoms with Crippen LogP contribution in [0.3, 0.4) is 0 Å². The third-order valence-electron chi connectivity index (χ3n) is 23.1. The van der Waals surface area contributed by atoms with E-state index in [2.05, 4.69) is 26.6 Å². The molecule has 113 heavy (non-hydrogen) atoms. The number of carbonyl (C=O) groups excluding carboxylic acids is 9. The molecule has 5 fully saturated rings. The Morgan fingerprint density at radius 2 is 1.29 bits per heavy atom. The number of nitrogens with two attached hydrogens (primary N) is 1. The number of hydrogen-bond donors (Lipinski definition) is 14. The third kappa shape index (κ3) is 17.5. The SMILES string of the molecule is CCOc1ccc(NC(=O)Cc2cc(O)c3c(c2)[C@@H](C(=O)CC2C4CC5CC(C4)CC2C5)NC(=O)[C@H]2NC(=O)[C@H](CC(=O)[C@@H]4NC(=O)[C@H](CC(N)=O)CC(=O)[C@H](NC(=O)[C@H](CC)CC(C)C)[C@H](O)c5ccc(c(Cl)c5)Oc5cc4cc(c5O[C@@H]4O[C@H](CO)[C@@H](O)[C@H](O)[C@H]4O)Oc4ccc(cc4Cl)[C@H]2O)c2ccc(O)c-3c2)cc1. The van der Waals surface area contributed by atoms with Crippen LogP contribution in [-0.2, 0) is 54.3 Å². The molecule has 600 valence electrons. The van der Waals surface area contributed by atoms with E-state index in [1.165, 1.54) is 60.7 Å². The van der Waals surface area contributed by atoms with Crippen LogP contribution in [0.5, 0.6) is 46.0 Å². The fourth-order valence-corrected chi connectivity index (χ4v) is 18.1. The number of nitrogens with one attached hydrogen (secondary N) is 5. The molecule has 14 atom stereocenters. The van der Waals surface area contributed by atoms with E-state index in [0.717, 1.165) is 50.3 Å². The second kappa shape index (κ2) is 34.1. The largest absolute Gasteiger partial charge is 0.507 e. The predicted molar refractivity (Wildman–Crippen MR) is 407 cm³/mol. The van der Waals surface area contributed by atoms with E-state index in [1.54, 1.807) is 31.2 Å². The van der Waals surface area contributed by atoms with Crippen molar-refractivity contribution in [2.75, 3.05) is 18.5 Å². The number of phenolic OH excluding ortho intramolecular Hbond substituents is 2. The Kier molecular flexibility index (Phi) is 24.5. The van der Waals surface area contributed by atoms with Crippen LogP contribution in [0.25, 0.3) is 11.1 Å². The number of fused-ring (bicyclic) bond motifs is 15. The van der Waals surface area contributed by atoms with Gasteiger partial charge >= 0.3 is 0 Å². The van der Waals surface area contributed by atoms with Gasteiger partial charge in [-0.1, -0.05) is 68.2 Å². The van der Waals surface area contributed by atoms with Gasteiger partial charge in [0.2, 0.25) is 47.5 Å². The van der Waals surface area contributed by atoms with E-state index in [4.69, 9.17) is 52.6 Å². The maximum absolute atomic E-state index is 16.4. The lowest BCUT2D eigenvalue weighted by molar-refractivity contribution is -0.277. The van der Waals surface area contributed by atoms with Gasteiger partial charge in [0.15, 0.2) is 28.8 Å². The van der Waals surface area contributed by atoms with Gasteiger partial charge in [0.1, 0.15) is 89.5 Å². The molecule has 15 bridgehead atoms. The lowest BCUT2D eigenvalue weighted by Gasteiger charge is -2.54. The van der Waals surface area contributed by atoms with Crippen LogP contribution in [-0.4, -0.2) is 150 Å². The second-order valence-electron chi connectivity index (χ2n) is 31.3. The highest BCUT2D eigenvalue weighted by Crippen LogP contribution is 2.58. The molecule has 6 aromatic rings. The molecule has 30 heteroatoms. The number of aromatic hydroxyl groups is 2. The Morgan fingerprint density at radius 1 is 0.655 bits per heavy atom. The van der Waals surface area contributed by atoms with Crippen LogP contribution in [0.4, 0.5) is 5.69 Å². The molecule has 4 aliphatic carbocycles. The summed E-state index contributed by atoms with van der Waals surface area (Å²) in [6.45, 7) is 6.83. The summed E-state index contributed by atoms with van der Waals surface area (Å²) in [4.78, 5) is 137. The Labute approximate surface area is 660 Å². The first-order chi connectivity index (χ1) is 53.9. The Morgan fingerprint density at radius 3 is 1.89 bits per heavy atom. The molecule has 0 radical (unpaired) electrons. The van der Waals surface area contributed by atoms with Crippen LogP contribution in [0.15, 0.2) is 103 Å². The first-order valence-corrected chi connectivity index (χ1v) is 39.0. The number of carbonyl (C=O) groups is 9. The number of ether oxygens (including phenoxy) is 5. The summed E-state index contributed by atoms with van der Waals surface area (Å²) in [5, 5.41) is 107. The Balaban J connectivity index is 0.999. The maximum Gasteiger partial charge on any atom is 0.246 e. The van der Waals surface area contributed by atoms with Gasteiger partial charge in [-0.05, 0) is 200 Å². The number of phenols is 2. The maximum atomic E-state index is 16.4. The number of ketones is 3. The second-order valence-corrected chi connectivity index (χ2v) is 32.1. The Bertz CT molecular complexity index is 4660. The van der Waals surface area contributed by atoms with Gasteiger partial charge in [0.05, 0.1) is 41.5 Å². The highest BCUT2D eigenvalue weighted by Gasteiger charge is 2.51.